The van der Waals surface area contributed by atoms with E-state index in [-0.39, 0.29) is 5.91 Å². The number of carbonyl (C=O) groups excluding carboxylic acids is 1. The topological polar surface area (TPSA) is 62.6 Å². The van der Waals surface area contributed by atoms with Crippen molar-refractivity contribution in [1.82, 2.24) is 15.3 Å². The molecule has 29 heavy (non-hydrogen) atoms. The number of anilines is 1. The molecule has 1 amide bonds. The van der Waals surface area contributed by atoms with Gasteiger partial charge in [0, 0.05) is 10.9 Å². The zero-order valence-electron chi connectivity index (χ0n) is 16.6. The van der Waals surface area contributed by atoms with Crippen molar-refractivity contribution in [2.45, 2.75) is 25.8 Å². The summed E-state index contributed by atoms with van der Waals surface area (Å²) in [5.41, 5.74) is 2.49. The third-order valence-corrected chi connectivity index (χ3v) is 7.11. The lowest BCUT2D eigenvalue weighted by atomic mass is 10.1. The highest BCUT2D eigenvalue weighted by molar-refractivity contribution is 7.22. The molecule has 2 aliphatic rings. The maximum Gasteiger partial charge on any atom is 0.275 e. The fourth-order valence-electron chi connectivity index (χ4n) is 4.10. The van der Waals surface area contributed by atoms with Gasteiger partial charge >= 0.3 is 0 Å². The monoisotopic (exact) mass is 408 g/mol. The second-order valence-electron chi connectivity index (χ2n) is 8.06. The number of aromatic nitrogens is 2. The van der Waals surface area contributed by atoms with Crippen molar-refractivity contribution >= 4 is 33.3 Å². The van der Waals surface area contributed by atoms with Gasteiger partial charge in [0.1, 0.15) is 17.0 Å². The molecule has 2 N–H and O–H groups in total. The number of amides is 1. The van der Waals surface area contributed by atoms with E-state index in [1.54, 1.807) is 17.7 Å². The van der Waals surface area contributed by atoms with Crippen molar-refractivity contribution < 1.29 is 9.69 Å². The van der Waals surface area contributed by atoms with Gasteiger partial charge in [-0.3, -0.25) is 4.79 Å². The number of carbonyl (C=O) groups is 1. The summed E-state index contributed by atoms with van der Waals surface area (Å²) < 4.78 is 0. The molecule has 3 aromatic rings. The van der Waals surface area contributed by atoms with Crippen LogP contribution < -0.4 is 15.1 Å². The Morgan fingerprint density at radius 2 is 1.97 bits per heavy atom. The molecule has 0 atom stereocenters. The average Bonchev–Trinajstić information content (AvgIpc) is 3.49. The number of hydrogen-bond donors (Lipinski definition) is 2. The summed E-state index contributed by atoms with van der Waals surface area (Å²) in [5, 5.41) is 4.27. The van der Waals surface area contributed by atoms with E-state index in [2.05, 4.69) is 51.4 Å². The summed E-state index contributed by atoms with van der Waals surface area (Å²) in [6, 6.07) is 10.9. The molecule has 0 spiro atoms. The second kappa shape index (κ2) is 7.72. The number of nitrogens with one attached hydrogen (secondary N) is 2. The van der Waals surface area contributed by atoms with E-state index in [0.29, 0.717) is 12.6 Å². The number of thiophene rings is 1. The fourth-order valence-corrected chi connectivity index (χ4v) is 5.25. The van der Waals surface area contributed by atoms with E-state index in [1.165, 1.54) is 26.3 Å². The molecule has 1 aromatic carbocycles. The maximum absolute atomic E-state index is 12.1. The Hall–Kier alpha value is -2.51. The number of fused-ring (bicyclic) bond motifs is 1. The van der Waals surface area contributed by atoms with Gasteiger partial charge in [0.15, 0.2) is 6.54 Å². The van der Waals surface area contributed by atoms with Gasteiger partial charge in [-0.15, -0.1) is 11.3 Å². The molecule has 1 aliphatic heterocycles. The SMILES string of the molecule is Cc1c(-c2ccccc2)sc2ncnc(N3CC[NH+](CC(=O)NC4CC4)CC3)c12. The number of rotatable bonds is 5. The standard InChI is InChI=1S/C22H25N5OS/c1-15-19-21(23-14-24-22(19)29-20(15)16-5-3-2-4-6-16)27-11-9-26(10-12-27)13-18(28)25-17-7-8-17/h2-6,14,17H,7-13H2,1H3,(H,25,28)/p+1. The van der Waals surface area contributed by atoms with Crippen molar-refractivity contribution in [2.75, 3.05) is 37.6 Å². The molecule has 6 nitrogen and oxygen atoms in total. The van der Waals surface area contributed by atoms with Crippen molar-refractivity contribution in [1.29, 1.82) is 0 Å². The number of quaternary nitrogens is 1. The summed E-state index contributed by atoms with van der Waals surface area (Å²) in [4.78, 5) is 27.4. The minimum absolute atomic E-state index is 0.196. The lowest BCUT2D eigenvalue weighted by molar-refractivity contribution is -0.892. The zero-order valence-corrected chi connectivity index (χ0v) is 17.5. The lowest BCUT2D eigenvalue weighted by Gasteiger charge is -2.33. The molecule has 150 valence electrons. The molecule has 2 aromatic heterocycles. The fraction of sp³-hybridized carbons (Fsp3) is 0.409. The van der Waals surface area contributed by atoms with Crippen LogP contribution in [0.2, 0.25) is 0 Å². The predicted octanol–water partition coefficient (Wildman–Crippen LogP) is 1.65. The maximum atomic E-state index is 12.1. The van der Waals surface area contributed by atoms with E-state index < -0.39 is 0 Å². The van der Waals surface area contributed by atoms with Gasteiger partial charge in [-0.1, -0.05) is 30.3 Å². The van der Waals surface area contributed by atoms with Crippen molar-refractivity contribution in [3.8, 4) is 10.4 Å². The van der Waals surface area contributed by atoms with Crippen molar-refractivity contribution in [2.24, 2.45) is 0 Å². The molecule has 3 heterocycles. The van der Waals surface area contributed by atoms with Crippen LogP contribution in [0, 0.1) is 6.92 Å². The smallest absolute Gasteiger partial charge is 0.275 e. The van der Waals surface area contributed by atoms with Gasteiger partial charge in [-0.25, -0.2) is 9.97 Å². The first-order valence-corrected chi connectivity index (χ1v) is 11.2. The Labute approximate surface area is 174 Å². The molecule has 0 bridgehead atoms. The van der Waals surface area contributed by atoms with Gasteiger partial charge in [0.05, 0.1) is 31.6 Å². The van der Waals surface area contributed by atoms with Gasteiger partial charge < -0.3 is 15.1 Å². The van der Waals surface area contributed by atoms with Crippen LogP contribution in [0.4, 0.5) is 5.82 Å². The summed E-state index contributed by atoms with van der Waals surface area (Å²) in [6.07, 6.45) is 3.97. The number of hydrogen-bond acceptors (Lipinski definition) is 5. The van der Waals surface area contributed by atoms with Crippen LogP contribution in [0.15, 0.2) is 36.7 Å². The first-order chi connectivity index (χ1) is 14.2. The Kier molecular flexibility index (Phi) is 4.93. The molecule has 0 radical (unpaired) electrons. The number of benzene rings is 1. The molecular weight excluding hydrogens is 382 g/mol. The van der Waals surface area contributed by atoms with Gasteiger partial charge in [-0.2, -0.15) is 0 Å². The summed E-state index contributed by atoms with van der Waals surface area (Å²) in [6.45, 7) is 6.50. The zero-order chi connectivity index (χ0) is 19.8. The second-order valence-corrected chi connectivity index (χ2v) is 9.05. The molecule has 2 fully saturated rings. The highest BCUT2D eigenvalue weighted by Gasteiger charge is 2.28. The van der Waals surface area contributed by atoms with Crippen LogP contribution in [-0.4, -0.2) is 54.6 Å². The van der Waals surface area contributed by atoms with E-state index in [9.17, 15) is 4.79 Å². The van der Waals surface area contributed by atoms with Crippen LogP contribution in [0.3, 0.4) is 0 Å². The Balaban J connectivity index is 1.34. The highest BCUT2D eigenvalue weighted by Crippen LogP contribution is 2.40. The van der Waals surface area contributed by atoms with Crippen LogP contribution in [-0.2, 0) is 4.79 Å². The van der Waals surface area contributed by atoms with Crippen LogP contribution >= 0.6 is 11.3 Å². The van der Waals surface area contributed by atoms with Crippen LogP contribution in [0.1, 0.15) is 18.4 Å². The van der Waals surface area contributed by atoms with Gasteiger partial charge in [0.2, 0.25) is 0 Å². The number of piperazine rings is 1. The van der Waals surface area contributed by atoms with Crippen molar-refractivity contribution in [3.05, 3.63) is 42.2 Å². The lowest BCUT2D eigenvalue weighted by Crippen LogP contribution is -3.16. The highest BCUT2D eigenvalue weighted by atomic mass is 32.1. The van der Waals surface area contributed by atoms with E-state index in [0.717, 1.165) is 49.7 Å². The third-order valence-electron chi connectivity index (χ3n) is 5.87. The summed E-state index contributed by atoms with van der Waals surface area (Å²) in [5.74, 6) is 1.23. The Morgan fingerprint density at radius 1 is 1.21 bits per heavy atom. The third kappa shape index (κ3) is 3.84. The average molecular weight is 409 g/mol. The molecule has 1 saturated carbocycles. The van der Waals surface area contributed by atoms with Crippen molar-refractivity contribution in [3.63, 3.8) is 0 Å². The molecule has 5 rings (SSSR count). The van der Waals surface area contributed by atoms with Crippen LogP contribution in [0.25, 0.3) is 20.7 Å². The number of nitrogens with zero attached hydrogens (tertiary/aromatic N) is 3. The van der Waals surface area contributed by atoms with E-state index >= 15 is 0 Å². The molecule has 1 aliphatic carbocycles. The predicted molar refractivity (Wildman–Crippen MR) is 117 cm³/mol. The summed E-state index contributed by atoms with van der Waals surface area (Å²) >= 11 is 1.74. The number of aryl methyl sites for hydroxylation is 1. The Bertz CT molecular complexity index is 1020. The summed E-state index contributed by atoms with van der Waals surface area (Å²) in [7, 11) is 0. The molecule has 1 saturated heterocycles. The Morgan fingerprint density at radius 3 is 2.69 bits per heavy atom. The minimum Gasteiger partial charge on any atom is -0.348 e. The molecule has 7 heteroatoms. The first kappa shape index (κ1) is 18.5. The molecular formula is C22H26N5OS+. The van der Waals surface area contributed by atoms with Gasteiger partial charge in [0.25, 0.3) is 5.91 Å². The largest absolute Gasteiger partial charge is 0.348 e. The minimum atomic E-state index is 0.196. The van der Waals surface area contributed by atoms with E-state index in [4.69, 9.17) is 0 Å². The quantitative estimate of drug-likeness (QED) is 0.674. The first-order valence-electron chi connectivity index (χ1n) is 10.4. The van der Waals surface area contributed by atoms with Gasteiger partial charge in [-0.05, 0) is 30.9 Å². The van der Waals surface area contributed by atoms with Crippen LogP contribution in [0.5, 0.6) is 0 Å². The van der Waals surface area contributed by atoms with E-state index in [1.807, 2.05) is 6.07 Å². The molecule has 0 unspecified atom stereocenters. The normalized spacial score (nSPS) is 17.6.